The number of rotatable bonds is 5. The number of halogens is 1. The molecular weight excluding hydrogens is 346 g/mol. The van der Waals surface area contributed by atoms with Gasteiger partial charge in [0, 0.05) is 11.6 Å². The van der Waals surface area contributed by atoms with E-state index >= 15 is 0 Å². The summed E-state index contributed by atoms with van der Waals surface area (Å²) in [5.74, 6) is 1.41. The van der Waals surface area contributed by atoms with E-state index < -0.39 is 0 Å². The first kappa shape index (κ1) is 19.8. The van der Waals surface area contributed by atoms with Crippen LogP contribution in [-0.2, 0) is 0 Å². The Morgan fingerprint density at radius 1 is 0.960 bits per heavy atom. The SMILES string of the molecule is Cc1ccccc1C(=O)Pc1ccc(Oc2ccccc2)cc1Cl.[H-].[Li+]. The minimum atomic E-state index is -0.0112. The molecular formula is C20H17ClLiO2P. The van der Waals surface area contributed by atoms with E-state index in [1.54, 1.807) is 6.07 Å². The fraction of sp³-hybridized carbons (Fsp3) is 0.0500. The van der Waals surface area contributed by atoms with E-state index in [4.69, 9.17) is 16.3 Å². The molecule has 25 heavy (non-hydrogen) atoms. The van der Waals surface area contributed by atoms with Crippen LogP contribution in [0.15, 0.2) is 72.8 Å². The van der Waals surface area contributed by atoms with Gasteiger partial charge in [-0.1, -0.05) is 54.1 Å². The standard InChI is InChI=1S/C20H16ClO2P.Li.H/c1-14-7-5-6-10-17(14)20(22)24-19-12-11-16(13-18(19)21)23-15-8-3-2-4-9-15;;/h2-13,24H,1H3;;/q;+1;-1. The number of carbonyl (C=O) groups excluding carboxylic acids is 1. The summed E-state index contributed by atoms with van der Waals surface area (Å²) in [7, 11) is -0.0112. The molecule has 0 radical (unpaired) electrons. The molecule has 1 unspecified atom stereocenters. The van der Waals surface area contributed by atoms with Crippen LogP contribution in [0.4, 0.5) is 0 Å². The van der Waals surface area contributed by atoms with Crippen LogP contribution >= 0.6 is 20.2 Å². The van der Waals surface area contributed by atoms with Crippen molar-refractivity contribution in [2.24, 2.45) is 0 Å². The number of ether oxygens (including phenoxy) is 1. The van der Waals surface area contributed by atoms with Crippen molar-refractivity contribution >= 4 is 31.0 Å². The largest absolute Gasteiger partial charge is 1.00 e. The Morgan fingerprint density at radius 2 is 1.64 bits per heavy atom. The Morgan fingerprint density at radius 3 is 2.32 bits per heavy atom. The number of hydrogen-bond donors (Lipinski definition) is 0. The number of aryl methyl sites for hydroxylation is 1. The van der Waals surface area contributed by atoms with Gasteiger partial charge in [-0.15, -0.1) is 0 Å². The quantitative estimate of drug-likeness (QED) is 0.515. The molecule has 0 N–H and O–H groups in total. The van der Waals surface area contributed by atoms with E-state index in [1.165, 1.54) is 0 Å². The second-order valence-corrected chi connectivity index (χ2v) is 6.98. The summed E-state index contributed by atoms with van der Waals surface area (Å²) < 4.78 is 5.76. The predicted molar refractivity (Wildman–Crippen MR) is 103 cm³/mol. The molecule has 0 saturated carbocycles. The Labute approximate surface area is 168 Å². The van der Waals surface area contributed by atoms with Crippen LogP contribution in [0.2, 0.25) is 5.02 Å². The van der Waals surface area contributed by atoms with Gasteiger partial charge in [0.15, 0.2) is 5.52 Å². The molecule has 0 aromatic heterocycles. The fourth-order valence-corrected chi connectivity index (χ4v) is 3.63. The van der Waals surface area contributed by atoms with Crippen molar-refractivity contribution in [1.29, 1.82) is 0 Å². The Balaban J connectivity index is 0.00000169. The minimum absolute atomic E-state index is 0. The van der Waals surface area contributed by atoms with Crippen molar-refractivity contribution in [3.8, 4) is 11.5 Å². The molecule has 0 aliphatic carbocycles. The average molecular weight is 363 g/mol. The molecule has 0 spiro atoms. The molecule has 0 aliphatic heterocycles. The van der Waals surface area contributed by atoms with Gasteiger partial charge < -0.3 is 6.16 Å². The van der Waals surface area contributed by atoms with Gasteiger partial charge in [-0.3, -0.25) is 4.79 Å². The van der Waals surface area contributed by atoms with E-state index in [1.807, 2.05) is 73.7 Å². The zero-order chi connectivity index (χ0) is 16.9. The minimum Gasteiger partial charge on any atom is -1.00 e. The number of benzene rings is 3. The van der Waals surface area contributed by atoms with Crippen LogP contribution in [0.1, 0.15) is 17.3 Å². The smallest absolute Gasteiger partial charge is 1.00 e. The van der Waals surface area contributed by atoms with Gasteiger partial charge in [0.2, 0.25) is 0 Å². The first-order valence-corrected chi connectivity index (χ1v) is 8.91. The monoisotopic (exact) mass is 362 g/mol. The summed E-state index contributed by atoms with van der Waals surface area (Å²) in [6.07, 6.45) is 0. The van der Waals surface area contributed by atoms with Crippen molar-refractivity contribution in [3.05, 3.63) is 88.9 Å². The zero-order valence-electron chi connectivity index (χ0n) is 15.1. The molecule has 122 valence electrons. The predicted octanol–water partition coefficient (Wildman–Crippen LogP) is 2.70. The Kier molecular flexibility index (Phi) is 7.30. The Hall–Kier alpha value is -1.55. The Bertz CT molecular complexity index is 875. The van der Waals surface area contributed by atoms with Crippen LogP contribution in [0.5, 0.6) is 11.5 Å². The van der Waals surface area contributed by atoms with Crippen LogP contribution in [0.25, 0.3) is 0 Å². The number of hydrogen-bond acceptors (Lipinski definition) is 2. The molecule has 3 aromatic carbocycles. The van der Waals surface area contributed by atoms with Gasteiger partial charge >= 0.3 is 18.9 Å². The molecule has 0 aliphatic rings. The van der Waals surface area contributed by atoms with Crippen LogP contribution in [0.3, 0.4) is 0 Å². The van der Waals surface area contributed by atoms with Gasteiger partial charge in [-0.05, 0) is 50.6 Å². The van der Waals surface area contributed by atoms with E-state index in [0.717, 1.165) is 22.2 Å². The number of para-hydroxylation sites is 1. The van der Waals surface area contributed by atoms with E-state index in [9.17, 15) is 4.79 Å². The average Bonchev–Trinajstić information content (AvgIpc) is 2.58. The van der Waals surface area contributed by atoms with Gasteiger partial charge in [0.25, 0.3) is 0 Å². The number of carbonyl (C=O) groups is 1. The van der Waals surface area contributed by atoms with Crippen molar-refractivity contribution < 1.29 is 29.8 Å². The van der Waals surface area contributed by atoms with Gasteiger partial charge in [0.05, 0.1) is 5.02 Å². The summed E-state index contributed by atoms with van der Waals surface area (Å²) in [5.41, 5.74) is 1.82. The summed E-state index contributed by atoms with van der Waals surface area (Å²) >= 11 is 6.34. The second-order valence-electron chi connectivity index (χ2n) is 5.33. The van der Waals surface area contributed by atoms with Gasteiger partial charge in [-0.2, -0.15) is 0 Å². The summed E-state index contributed by atoms with van der Waals surface area (Å²) in [5, 5.41) is 1.37. The van der Waals surface area contributed by atoms with E-state index in [2.05, 4.69) is 0 Å². The molecule has 3 rings (SSSR count). The normalized spacial score (nSPS) is 10.5. The van der Waals surface area contributed by atoms with Crippen molar-refractivity contribution in [2.75, 3.05) is 0 Å². The first-order valence-electron chi connectivity index (χ1n) is 7.53. The summed E-state index contributed by atoms with van der Waals surface area (Å²) in [6, 6.07) is 22.6. The van der Waals surface area contributed by atoms with Crippen molar-refractivity contribution in [3.63, 3.8) is 0 Å². The molecule has 1 atom stereocenters. The third-order valence-electron chi connectivity index (χ3n) is 3.56. The van der Waals surface area contributed by atoms with Gasteiger partial charge in [-0.25, -0.2) is 0 Å². The molecule has 2 nitrogen and oxygen atoms in total. The maximum absolute atomic E-state index is 12.5. The molecule has 0 saturated heterocycles. The van der Waals surface area contributed by atoms with Crippen LogP contribution in [-0.4, -0.2) is 5.52 Å². The summed E-state index contributed by atoms with van der Waals surface area (Å²) in [6.45, 7) is 1.94. The van der Waals surface area contributed by atoms with E-state index in [0.29, 0.717) is 10.8 Å². The maximum atomic E-state index is 12.5. The zero-order valence-corrected chi connectivity index (χ0v) is 15.9. The van der Waals surface area contributed by atoms with Gasteiger partial charge in [0.1, 0.15) is 11.5 Å². The third-order valence-corrected chi connectivity index (χ3v) is 5.23. The van der Waals surface area contributed by atoms with Crippen LogP contribution < -0.4 is 28.9 Å². The first-order chi connectivity index (χ1) is 11.6. The van der Waals surface area contributed by atoms with Crippen molar-refractivity contribution in [2.45, 2.75) is 6.92 Å². The van der Waals surface area contributed by atoms with Crippen molar-refractivity contribution in [1.82, 2.24) is 0 Å². The maximum Gasteiger partial charge on any atom is 1.00 e. The second kappa shape index (κ2) is 9.23. The molecule has 3 aromatic rings. The molecule has 0 heterocycles. The molecule has 0 fully saturated rings. The van der Waals surface area contributed by atoms with E-state index in [-0.39, 0.29) is 34.4 Å². The van der Waals surface area contributed by atoms with Crippen LogP contribution in [0, 0.1) is 6.92 Å². The third kappa shape index (κ3) is 5.21. The molecule has 5 heteroatoms. The summed E-state index contributed by atoms with van der Waals surface area (Å²) in [4.78, 5) is 12.5. The molecule has 0 amide bonds. The fourth-order valence-electron chi connectivity index (χ4n) is 2.30. The topological polar surface area (TPSA) is 26.3 Å². The molecule has 0 bridgehead atoms.